The van der Waals surface area contributed by atoms with Crippen LogP contribution in [0.1, 0.15) is 36.0 Å². The number of anilines is 1. The summed E-state index contributed by atoms with van der Waals surface area (Å²) < 4.78 is 14.4. The molecule has 0 saturated carbocycles. The Hall–Kier alpha value is -3.39. The topological polar surface area (TPSA) is 72.5 Å². The molecule has 34 heavy (non-hydrogen) atoms. The van der Waals surface area contributed by atoms with Gasteiger partial charge in [0, 0.05) is 37.4 Å². The van der Waals surface area contributed by atoms with E-state index in [0.717, 1.165) is 70.6 Å². The first-order valence-corrected chi connectivity index (χ1v) is 12.2. The summed E-state index contributed by atoms with van der Waals surface area (Å²) in [6.07, 6.45) is 4.42. The molecular formula is C26H28N6O2. The second kappa shape index (κ2) is 7.56. The molecular weight excluding hydrogens is 428 g/mol. The van der Waals surface area contributed by atoms with Crippen molar-refractivity contribution in [1.29, 1.82) is 0 Å². The molecule has 8 nitrogen and oxygen atoms in total. The van der Waals surface area contributed by atoms with Gasteiger partial charge >= 0.3 is 0 Å². The molecule has 2 atom stereocenters. The Bertz CT molecular complexity index is 1360. The van der Waals surface area contributed by atoms with E-state index in [1.165, 1.54) is 19.4 Å². The summed E-state index contributed by atoms with van der Waals surface area (Å²) in [5, 5.41) is 4.18. The second-order valence-corrected chi connectivity index (χ2v) is 9.65. The van der Waals surface area contributed by atoms with Gasteiger partial charge in [0.2, 0.25) is 5.95 Å². The number of piperazine rings is 1. The third-order valence-electron chi connectivity index (χ3n) is 7.69. The predicted octanol–water partition coefficient (Wildman–Crippen LogP) is 3.97. The first kappa shape index (κ1) is 20.0. The molecule has 0 radical (unpaired) electrons. The number of fused-ring (bicyclic) bond motifs is 1. The molecule has 0 unspecified atom stereocenters. The Morgan fingerprint density at radius 2 is 2.00 bits per heavy atom. The second-order valence-electron chi connectivity index (χ2n) is 9.65. The molecule has 1 aromatic carbocycles. The fourth-order valence-corrected chi connectivity index (χ4v) is 6.07. The van der Waals surface area contributed by atoms with Crippen LogP contribution in [0.15, 0.2) is 41.1 Å². The molecule has 7 rings (SSSR count). The summed E-state index contributed by atoms with van der Waals surface area (Å²) in [5.74, 6) is 2.68. The van der Waals surface area contributed by atoms with Crippen molar-refractivity contribution in [2.45, 2.75) is 38.8 Å². The van der Waals surface area contributed by atoms with Gasteiger partial charge < -0.3 is 14.2 Å². The van der Waals surface area contributed by atoms with Gasteiger partial charge in [0.05, 0.1) is 22.5 Å². The summed E-state index contributed by atoms with van der Waals surface area (Å²) in [7, 11) is 0. The summed E-state index contributed by atoms with van der Waals surface area (Å²) in [5.41, 5.74) is 5.86. The predicted molar refractivity (Wildman–Crippen MR) is 129 cm³/mol. The highest BCUT2D eigenvalue weighted by molar-refractivity contribution is 5.94. The van der Waals surface area contributed by atoms with Gasteiger partial charge in [-0.2, -0.15) is 0 Å². The third kappa shape index (κ3) is 2.91. The monoisotopic (exact) mass is 456 g/mol. The zero-order chi connectivity index (χ0) is 22.8. The molecule has 0 spiro atoms. The van der Waals surface area contributed by atoms with Gasteiger partial charge in [0.15, 0.2) is 5.75 Å². The Balaban J connectivity index is 1.44. The molecule has 2 saturated heterocycles. The Labute approximate surface area is 198 Å². The van der Waals surface area contributed by atoms with Gasteiger partial charge in [-0.1, -0.05) is 11.2 Å². The molecule has 8 heteroatoms. The molecule has 2 fully saturated rings. The first-order valence-electron chi connectivity index (χ1n) is 12.2. The van der Waals surface area contributed by atoms with Crippen molar-refractivity contribution in [3.05, 3.63) is 53.7 Å². The van der Waals surface area contributed by atoms with Crippen molar-refractivity contribution < 1.29 is 9.26 Å². The van der Waals surface area contributed by atoms with Gasteiger partial charge in [-0.05, 0) is 57.5 Å². The van der Waals surface area contributed by atoms with Crippen LogP contribution in [0, 0.1) is 13.8 Å². The van der Waals surface area contributed by atoms with E-state index in [1.807, 2.05) is 32.2 Å². The van der Waals surface area contributed by atoms with Crippen molar-refractivity contribution in [3.8, 4) is 16.9 Å². The van der Waals surface area contributed by atoms with Gasteiger partial charge in [-0.3, -0.25) is 14.5 Å². The number of pyridine rings is 1. The number of hydrogen-bond donors (Lipinski definition) is 0. The van der Waals surface area contributed by atoms with Crippen molar-refractivity contribution in [3.63, 3.8) is 0 Å². The number of aryl methyl sites for hydroxylation is 2. The number of nitrogens with zero attached hydrogens (tertiary/aromatic N) is 6. The van der Waals surface area contributed by atoms with Crippen molar-refractivity contribution >= 4 is 17.0 Å². The maximum absolute atomic E-state index is 6.50. The minimum absolute atomic E-state index is 0.0322. The minimum atomic E-state index is -0.0322. The Morgan fingerprint density at radius 3 is 2.82 bits per heavy atom. The van der Waals surface area contributed by atoms with E-state index in [9.17, 15) is 0 Å². The van der Waals surface area contributed by atoms with Gasteiger partial charge in [0.1, 0.15) is 23.9 Å². The van der Waals surface area contributed by atoms with Crippen molar-refractivity contribution in [1.82, 2.24) is 24.6 Å². The molecule has 0 aliphatic carbocycles. The number of aromatic nitrogens is 4. The number of benzene rings is 1. The molecule has 6 heterocycles. The van der Waals surface area contributed by atoms with Crippen LogP contribution < -0.4 is 9.64 Å². The van der Waals surface area contributed by atoms with Crippen LogP contribution in [0.2, 0.25) is 0 Å². The van der Waals surface area contributed by atoms with Crippen molar-refractivity contribution in [2.24, 2.45) is 0 Å². The Morgan fingerprint density at radius 1 is 1.06 bits per heavy atom. The quantitative estimate of drug-likeness (QED) is 0.462. The van der Waals surface area contributed by atoms with Gasteiger partial charge in [-0.25, -0.2) is 4.98 Å². The van der Waals surface area contributed by atoms with Crippen LogP contribution in [0.5, 0.6) is 5.75 Å². The van der Waals surface area contributed by atoms with Gasteiger partial charge in [-0.15, -0.1) is 0 Å². The summed E-state index contributed by atoms with van der Waals surface area (Å²) in [4.78, 5) is 15.0. The van der Waals surface area contributed by atoms with Crippen LogP contribution >= 0.6 is 0 Å². The highest BCUT2D eigenvalue weighted by Crippen LogP contribution is 2.46. The standard InChI is InChI=1S/C26H28N6O2/c1-16-23(17(2)34-29-16)19-8-9-21-24-25(19)33-15-22(20-7-3-4-10-27-20)32(24)26(28-21)31-13-12-30-11-5-6-18(30)14-31/h3-4,7-10,18,22H,5-6,11-15H2,1-2H3/t18-,22-/m1/s1. The lowest BCUT2D eigenvalue weighted by Gasteiger charge is -2.39. The first-order chi connectivity index (χ1) is 16.7. The number of rotatable bonds is 3. The molecule has 4 aromatic rings. The number of imidazole rings is 1. The molecule has 0 amide bonds. The smallest absolute Gasteiger partial charge is 0.207 e. The highest BCUT2D eigenvalue weighted by Gasteiger charge is 2.37. The lowest BCUT2D eigenvalue weighted by atomic mass is 10.0. The largest absolute Gasteiger partial charge is 0.488 e. The van der Waals surface area contributed by atoms with E-state index in [0.29, 0.717) is 12.6 Å². The van der Waals surface area contributed by atoms with E-state index in [4.69, 9.17) is 19.2 Å². The number of hydrogen-bond acceptors (Lipinski definition) is 7. The average Bonchev–Trinajstić information content (AvgIpc) is 3.58. The fraction of sp³-hybridized carbons (Fsp3) is 0.423. The maximum Gasteiger partial charge on any atom is 0.207 e. The third-order valence-corrected chi connectivity index (χ3v) is 7.69. The molecule has 3 aliphatic rings. The van der Waals surface area contributed by atoms with Crippen LogP contribution in [-0.4, -0.2) is 63.4 Å². The fourth-order valence-electron chi connectivity index (χ4n) is 6.07. The van der Waals surface area contributed by atoms with Crippen LogP contribution in [0.25, 0.3) is 22.2 Å². The zero-order valence-corrected chi connectivity index (χ0v) is 19.6. The molecule has 0 bridgehead atoms. The molecule has 3 aromatic heterocycles. The summed E-state index contributed by atoms with van der Waals surface area (Å²) in [6.45, 7) is 8.76. The molecule has 174 valence electrons. The van der Waals surface area contributed by atoms with E-state index in [1.54, 1.807) is 0 Å². The summed E-state index contributed by atoms with van der Waals surface area (Å²) in [6, 6.07) is 10.9. The number of ether oxygens (including phenoxy) is 1. The van der Waals surface area contributed by atoms with E-state index in [-0.39, 0.29) is 6.04 Å². The zero-order valence-electron chi connectivity index (χ0n) is 19.6. The average molecular weight is 457 g/mol. The summed E-state index contributed by atoms with van der Waals surface area (Å²) >= 11 is 0. The van der Waals surface area contributed by atoms with Crippen LogP contribution in [0.3, 0.4) is 0 Å². The lowest BCUT2D eigenvalue weighted by molar-refractivity contribution is 0.225. The van der Waals surface area contributed by atoms with E-state index < -0.39 is 0 Å². The van der Waals surface area contributed by atoms with Gasteiger partial charge in [0.25, 0.3) is 0 Å². The maximum atomic E-state index is 6.50. The molecule has 0 N–H and O–H groups in total. The SMILES string of the molecule is Cc1noc(C)c1-c1ccc2nc(N3CCN4CCC[C@@H]4C3)n3c2c1OC[C@@H]3c1ccccn1. The molecule has 3 aliphatic heterocycles. The lowest BCUT2D eigenvalue weighted by Crippen LogP contribution is -2.51. The Kier molecular flexibility index (Phi) is 4.45. The normalized spacial score (nSPS) is 22.2. The van der Waals surface area contributed by atoms with Crippen LogP contribution in [0.4, 0.5) is 5.95 Å². The minimum Gasteiger partial charge on any atom is -0.488 e. The van der Waals surface area contributed by atoms with Crippen LogP contribution in [-0.2, 0) is 0 Å². The highest BCUT2D eigenvalue weighted by atomic mass is 16.5. The van der Waals surface area contributed by atoms with Crippen molar-refractivity contribution in [2.75, 3.05) is 37.7 Å². The van der Waals surface area contributed by atoms with E-state index in [2.05, 4.69) is 37.7 Å². The van der Waals surface area contributed by atoms with E-state index >= 15 is 0 Å².